The summed E-state index contributed by atoms with van der Waals surface area (Å²) >= 11 is 3.66. The van der Waals surface area contributed by atoms with E-state index >= 15 is 0 Å². The molecule has 0 unspecified atom stereocenters. The Morgan fingerprint density at radius 2 is 2.21 bits per heavy atom. The first kappa shape index (κ1) is 14.8. The molecule has 0 saturated heterocycles. The summed E-state index contributed by atoms with van der Waals surface area (Å²) in [5, 5.41) is 12.6. The van der Waals surface area contributed by atoms with Crippen LogP contribution in [0.5, 0.6) is 0 Å². The predicted octanol–water partition coefficient (Wildman–Crippen LogP) is 2.91. The van der Waals surface area contributed by atoms with Gasteiger partial charge in [-0.3, -0.25) is 0 Å². The summed E-state index contributed by atoms with van der Waals surface area (Å²) in [5.41, 5.74) is 2.50. The Balaban J connectivity index is 2.04. The minimum atomic E-state index is 0.216. The number of nitrogens with zero attached hydrogens (tertiary/aromatic N) is 1. The Kier molecular flexibility index (Phi) is 5.67. The number of hydrogen-bond acceptors (Lipinski definition) is 3. The molecular formula is C15H23BrN2O. The first-order chi connectivity index (χ1) is 9.26. The second kappa shape index (κ2) is 7.27. The van der Waals surface area contributed by atoms with E-state index in [1.54, 1.807) is 0 Å². The van der Waals surface area contributed by atoms with Gasteiger partial charge in [-0.05, 0) is 43.5 Å². The molecule has 0 heterocycles. The molecule has 3 nitrogen and oxygen atoms in total. The number of aliphatic hydroxyl groups is 1. The topological polar surface area (TPSA) is 35.5 Å². The summed E-state index contributed by atoms with van der Waals surface area (Å²) < 4.78 is 1.15. The Morgan fingerprint density at radius 3 is 2.79 bits per heavy atom. The third-order valence-corrected chi connectivity index (χ3v) is 4.18. The molecule has 0 spiro atoms. The number of aliphatic hydroxyl groups excluding tert-OH is 1. The van der Waals surface area contributed by atoms with Gasteiger partial charge in [0.25, 0.3) is 0 Å². The van der Waals surface area contributed by atoms with Crippen molar-refractivity contribution in [2.75, 3.05) is 24.6 Å². The molecule has 2 N–H and O–H groups in total. The highest BCUT2D eigenvalue weighted by atomic mass is 79.9. The zero-order valence-corrected chi connectivity index (χ0v) is 13.1. The molecule has 4 heteroatoms. The lowest BCUT2D eigenvalue weighted by atomic mass is 10.2. The predicted molar refractivity (Wildman–Crippen MR) is 83.6 cm³/mol. The number of hydrogen-bond donors (Lipinski definition) is 2. The van der Waals surface area contributed by atoms with Gasteiger partial charge in [-0.15, -0.1) is 0 Å². The van der Waals surface area contributed by atoms with Crippen LogP contribution in [0.4, 0.5) is 5.69 Å². The smallest absolute Gasteiger partial charge is 0.0606 e. The number of benzene rings is 1. The van der Waals surface area contributed by atoms with Gasteiger partial charge in [-0.25, -0.2) is 0 Å². The Hall–Kier alpha value is -0.580. The van der Waals surface area contributed by atoms with Crippen LogP contribution in [0.1, 0.15) is 31.7 Å². The number of nitrogens with one attached hydrogen (secondary N) is 1. The number of halogens is 1. The van der Waals surface area contributed by atoms with Crippen LogP contribution in [-0.4, -0.2) is 30.8 Å². The maximum Gasteiger partial charge on any atom is 0.0606 e. The largest absolute Gasteiger partial charge is 0.395 e. The highest BCUT2D eigenvalue weighted by Gasteiger charge is 2.28. The Bertz CT molecular complexity index is 407. The van der Waals surface area contributed by atoms with Crippen molar-refractivity contribution in [1.82, 2.24) is 5.32 Å². The van der Waals surface area contributed by atoms with E-state index in [4.69, 9.17) is 0 Å². The lowest BCUT2D eigenvalue weighted by Gasteiger charge is -2.24. The van der Waals surface area contributed by atoms with E-state index in [9.17, 15) is 5.11 Å². The quantitative estimate of drug-likeness (QED) is 0.721. The van der Waals surface area contributed by atoms with Crippen LogP contribution in [0.2, 0.25) is 0 Å². The molecule has 1 aliphatic carbocycles. The minimum absolute atomic E-state index is 0.216. The molecule has 0 radical (unpaired) electrons. The van der Waals surface area contributed by atoms with Crippen LogP contribution in [0.15, 0.2) is 22.7 Å². The maximum atomic E-state index is 9.18. The maximum absolute atomic E-state index is 9.18. The van der Waals surface area contributed by atoms with E-state index in [-0.39, 0.29) is 6.61 Å². The van der Waals surface area contributed by atoms with Crippen LogP contribution < -0.4 is 10.2 Å². The highest BCUT2D eigenvalue weighted by molar-refractivity contribution is 9.10. The van der Waals surface area contributed by atoms with E-state index in [0.29, 0.717) is 6.04 Å². The summed E-state index contributed by atoms with van der Waals surface area (Å²) in [6.07, 6.45) is 3.65. The monoisotopic (exact) mass is 326 g/mol. The molecule has 1 aliphatic rings. The fourth-order valence-electron chi connectivity index (χ4n) is 2.27. The molecule has 1 aromatic rings. The number of rotatable bonds is 8. The van der Waals surface area contributed by atoms with Crippen molar-refractivity contribution in [3.8, 4) is 0 Å². The third-order valence-electron chi connectivity index (χ3n) is 3.44. The molecule has 19 heavy (non-hydrogen) atoms. The first-order valence-electron chi connectivity index (χ1n) is 7.13. The van der Waals surface area contributed by atoms with Crippen molar-refractivity contribution in [2.24, 2.45) is 0 Å². The van der Waals surface area contributed by atoms with Gasteiger partial charge in [-0.1, -0.05) is 28.9 Å². The molecule has 0 aliphatic heterocycles. The van der Waals surface area contributed by atoms with E-state index < -0.39 is 0 Å². The van der Waals surface area contributed by atoms with Gasteiger partial charge in [0.15, 0.2) is 0 Å². The summed E-state index contributed by atoms with van der Waals surface area (Å²) in [6.45, 7) is 5.07. The normalized spacial score (nSPS) is 14.7. The average molecular weight is 327 g/mol. The first-order valence-corrected chi connectivity index (χ1v) is 7.92. The van der Waals surface area contributed by atoms with E-state index in [2.05, 4.69) is 51.3 Å². The molecule has 1 aromatic carbocycles. The van der Waals surface area contributed by atoms with Gasteiger partial charge in [0.2, 0.25) is 0 Å². The zero-order chi connectivity index (χ0) is 13.7. The van der Waals surface area contributed by atoms with Crippen LogP contribution in [0, 0.1) is 0 Å². The van der Waals surface area contributed by atoms with Gasteiger partial charge < -0.3 is 15.3 Å². The van der Waals surface area contributed by atoms with Crippen LogP contribution in [-0.2, 0) is 6.54 Å². The summed E-state index contributed by atoms with van der Waals surface area (Å²) in [6, 6.07) is 7.15. The Labute approximate surface area is 124 Å². The van der Waals surface area contributed by atoms with Gasteiger partial charge in [0.1, 0.15) is 0 Å². The molecule has 0 atom stereocenters. The van der Waals surface area contributed by atoms with E-state index in [1.807, 2.05) is 0 Å². The fourth-order valence-corrected chi connectivity index (χ4v) is 2.78. The zero-order valence-electron chi connectivity index (χ0n) is 11.5. The molecule has 2 rings (SSSR count). The lowest BCUT2D eigenvalue weighted by Crippen LogP contribution is -2.28. The Morgan fingerprint density at radius 1 is 1.42 bits per heavy atom. The van der Waals surface area contributed by atoms with Crippen LogP contribution >= 0.6 is 15.9 Å². The molecule has 1 saturated carbocycles. The molecule has 1 fully saturated rings. The SMILES string of the molecule is CCCNCc1ccc(N(CCO)C2CC2)cc1Br. The van der Waals surface area contributed by atoms with Crippen LogP contribution in [0.25, 0.3) is 0 Å². The van der Waals surface area contributed by atoms with Gasteiger partial charge in [-0.2, -0.15) is 0 Å². The number of anilines is 1. The second-order valence-electron chi connectivity index (χ2n) is 5.10. The second-order valence-corrected chi connectivity index (χ2v) is 5.96. The summed E-state index contributed by atoms with van der Waals surface area (Å²) in [7, 11) is 0. The standard InChI is InChI=1S/C15H23BrN2O/c1-2-7-17-11-12-3-4-14(10-15(12)16)18(8-9-19)13-5-6-13/h3-4,10,13,17,19H,2,5-9,11H2,1H3. The van der Waals surface area contributed by atoms with Crippen molar-refractivity contribution in [3.63, 3.8) is 0 Å². The van der Waals surface area contributed by atoms with Crippen molar-refractivity contribution in [1.29, 1.82) is 0 Å². The van der Waals surface area contributed by atoms with Crippen LogP contribution in [0.3, 0.4) is 0 Å². The van der Waals surface area contributed by atoms with Gasteiger partial charge >= 0.3 is 0 Å². The van der Waals surface area contributed by atoms with Crippen molar-refractivity contribution in [2.45, 2.75) is 38.8 Å². The molecule has 0 aromatic heterocycles. The van der Waals surface area contributed by atoms with Crippen molar-refractivity contribution in [3.05, 3.63) is 28.2 Å². The van der Waals surface area contributed by atoms with E-state index in [0.717, 1.165) is 30.5 Å². The third kappa shape index (κ3) is 4.20. The van der Waals surface area contributed by atoms with Gasteiger partial charge in [0.05, 0.1) is 6.61 Å². The highest BCUT2D eigenvalue weighted by Crippen LogP contribution is 2.33. The molecule has 0 amide bonds. The molecule has 0 bridgehead atoms. The summed E-state index contributed by atoms with van der Waals surface area (Å²) in [4.78, 5) is 2.31. The minimum Gasteiger partial charge on any atom is -0.395 e. The average Bonchev–Trinajstić information content (AvgIpc) is 3.22. The van der Waals surface area contributed by atoms with E-state index in [1.165, 1.54) is 24.1 Å². The molecular weight excluding hydrogens is 304 g/mol. The van der Waals surface area contributed by atoms with Crippen molar-refractivity contribution >= 4 is 21.6 Å². The summed E-state index contributed by atoms with van der Waals surface area (Å²) in [5.74, 6) is 0. The van der Waals surface area contributed by atoms with Crippen molar-refractivity contribution < 1.29 is 5.11 Å². The van der Waals surface area contributed by atoms with Gasteiger partial charge in [0, 0.05) is 29.3 Å². The lowest BCUT2D eigenvalue weighted by molar-refractivity contribution is 0.301. The fraction of sp³-hybridized carbons (Fsp3) is 0.600. The molecule has 106 valence electrons.